The predicted octanol–water partition coefficient (Wildman–Crippen LogP) is 4.33. The molecule has 6 heteroatoms. The molecule has 112 valence electrons. The number of nitrogens with two attached hydrogens (primary N) is 1. The maximum atomic E-state index is 12.7. The molecule has 0 aliphatic rings. The molecule has 1 aromatic rings. The van der Waals surface area contributed by atoms with Gasteiger partial charge in [0.05, 0.1) is 5.56 Å². The smallest absolute Gasteiger partial charge is 0.389 e. The lowest BCUT2D eigenvalue weighted by Crippen LogP contribution is -2.31. The van der Waals surface area contributed by atoms with Crippen molar-refractivity contribution in [2.24, 2.45) is 5.73 Å². The maximum absolute atomic E-state index is 12.7. The molecule has 0 aliphatic carbocycles. The predicted molar refractivity (Wildman–Crippen MR) is 79.9 cm³/mol. The van der Waals surface area contributed by atoms with Gasteiger partial charge >= 0.3 is 6.18 Å². The maximum Gasteiger partial charge on any atom is 0.416 e. The molecule has 0 spiro atoms. The molecule has 0 unspecified atom stereocenters. The van der Waals surface area contributed by atoms with Crippen LogP contribution in [0.25, 0.3) is 0 Å². The summed E-state index contributed by atoms with van der Waals surface area (Å²) < 4.78 is 38.2. The molecule has 0 bridgehead atoms. The summed E-state index contributed by atoms with van der Waals surface area (Å²) in [5, 5.41) is 3.21. The van der Waals surface area contributed by atoms with Crippen LogP contribution in [0.4, 0.5) is 18.9 Å². The normalized spacial score (nSPS) is 12.3. The van der Waals surface area contributed by atoms with Crippen molar-refractivity contribution in [3.63, 3.8) is 0 Å². The highest BCUT2D eigenvalue weighted by atomic mass is 32.1. The molecule has 0 atom stereocenters. The van der Waals surface area contributed by atoms with Crippen molar-refractivity contribution in [2.75, 3.05) is 5.32 Å². The topological polar surface area (TPSA) is 38.0 Å². The Bertz CT molecular complexity index is 496. The SMILES string of the molecule is CCCC(C)(C)Nc1ccc(C(F)(F)F)cc1C(N)=S. The first-order chi connectivity index (χ1) is 9.07. The summed E-state index contributed by atoms with van der Waals surface area (Å²) in [6, 6.07) is 3.41. The third kappa shape index (κ3) is 4.37. The number of thiocarbonyl (C=S) groups is 1. The number of alkyl halides is 3. The zero-order valence-corrected chi connectivity index (χ0v) is 12.6. The largest absolute Gasteiger partial charge is 0.416 e. The van der Waals surface area contributed by atoms with E-state index in [2.05, 4.69) is 5.32 Å². The van der Waals surface area contributed by atoms with Crippen LogP contribution in [0.2, 0.25) is 0 Å². The molecule has 1 aromatic carbocycles. The standard InChI is InChI=1S/C14H19F3N2S/c1-4-7-13(2,3)19-11-6-5-9(14(15,16)17)8-10(11)12(18)20/h5-6,8,19H,4,7H2,1-3H3,(H2,18,20). The Kier molecular flexibility index (Phi) is 5.02. The van der Waals surface area contributed by atoms with Crippen LogP contribution in [-0.4, -0.2) is 10.5 Å². The van der Waals surface area contributed by atoms with Crippen molar-refractivity contribution in [3.05, 3.63) is 29.3 Å². The van der Waals surface area contributed by atoms with Crippen LogP contribution in [0.15, 0.2) is 18.2 Å². The highest BCUT2D eigenvalue weighted by Crippen LogP contribution is 2.33. The van der Waals surface area contributed by atoms with Gasteiger partial charge < -0.3 is 11.1 Å². The van der Waals surface area contributed by atoms with Gasteiger partial charge in [-0.2, -0.15) is 13.2 Å². The molecule has 0 fully saturated rings. The fourth-order valence-electron chi connectivity index (χ4n) is 2.09. The van der Waals surface area contributed by atoms with E-state index >= 15 is 0 Å². The van der Waals surface area contributed by atoms with Crippen LogP contribution in [0.3, 0.4) is 0 Å². The lowest BCUT2D eigenvalue weighted by atomic mass is 9.97. The second-order valence-corrected chi connectivity index (χ2v) is 5.82. The molecule has 0 radical (unpaired) electrons. The van der Waals surface area contributed by atoms with E-state index in [1.807, 2.05) is 20.8 Å². The molecule has 0 amide bonds. The number of hydrogen-bond acceptors (Lipinski definition) is 2. The summed E-state index contributed by atoms with van der Waals surface area (Å²) in [6.07, 6.45) is -2.56. The minimum atomic E-state index is -4.41. The van der Waals surface area contributed by atoms with Crippen molar-refractivity contribution < 1.29 is 13.2 Å². The zero-order chi connectivity index (χ0) is 15.6. The molecule has 0 saturated carbocycles. The van der Waals surface area contributed by atoms with Crippen molar-refractivity contribution in [2.45, 2.75) is 45.3 Å². The third-order valence-electron chi connectivity index (χ3n) is 2.96. The van der Waals surface area contributed by atoms with Crippen molar-refractivity contribution >= 4 is 22.9 Å². The van der Waals surface area contributed by atoms with Gasteiger partial charge in [0.2, 0.25) is 0 Å². The van der Waals surface area contributed by atoms with E-state index in [1.54, 1.807) is 0 Å². The molecular formula is C14H19F3N2S. The average Bonchev–Trinajstić information content (AvgIpc) is 2.26. The Morgan fingerprint density at radius 3 is 2.35 bits per heavy atom. The third-order valence-corrected chi connectivity index (χ3v) is 3.18. The number of halogens is 3. The monoisotopic (exact) mass is 304 g/mol. The summed E-state index contributed by atoms with van der Waals surface area (Å²) in [4.78, 5) is -0.0501. The molecule has 0 aliphatic heterocycles. The highest BCUT2D eigenvalue weighted by molar-refractivity contribution is 7.80. The van der Waals surface area contributed by atoms with Crippen LogP contribution in [-0.2, 0) is 6.18 Å². The minimum absolute atomic E-state index is 0.0501. The number of benzene rings is 1. The van der Waals surface area contributed by atoms with Gasteiger partial charge in [0.1, 0.15) is 4.99 Å². The van der Waals surface area contributed by atoms with Crippen LogP contribution in [0, 0.1) is 0 Å². The number of hydrogen-bond donors (Lipinski definition) is 2. The van der Waals surface area contributed by atoms with E-state index in [-0.39, 0.29) is 16.1 Å². The molecule has 0 aromatic heterocycles. The second-order valence-electron chi connectivity index (χ2n) is 5.38. The van der Waals surface area contributed by atoms with Crippen LogP contribution < -0.4 is 11.1 Å². The summed E-state index contributed by atoms with van der Waals surface area (Å²) in [5.41, 5.74) is 5.30. The molecule has 2 nitrogen and oxygen atoms in total. The summed E-state index contributed by atoms with van der Waals surface area (Å²) in [5.74, 6) is 0. The Balaban J connectivity index is 3.18. The Labute approximate surface area is 122 Å². The van der Waals surface area contributed by atoms with Gasteiger partial charge in [0, 0.05) is 16.8 Å². The van der Waals surface area contributed by atoms with Crippen LogP contribution >= 0.6 is 12.2 Å². The first kappa shape index (κ1) is 16.8. The number of anilines is 1. The number of rotatable bonds is 5. The van der Waals surface area contributed by atoms with Crippen molar-refractivity contribution in [3.8, 4) is 0 Å². The van der Waals surface area contributed by atoms with Crippen LogP contribution in [0.5, 0.6) is 0 Å². The Hall–Kier alpha value is -1.30. The van der Waals surface area contributed by atoms with Gasteiger partial charge in [0.15, 0.2) is 0 Å². The summed E-state index contributed by atoms with van der Waals surface area (Å²) in [7, 11) is 0. The second kappa shape index (κ2) is 5.99. The van der Waals surface area contributed by atoms with E-state index in [0.717, 1.165) is 25.0 Å². The highest BCUT2D eigenvalue weighted by Gasteiger charge is 2.31. The van der Waals surface area contributed by atoms with E-state index in [4.69, 9.17) is 18.0 Å². The van der Waals surface area contributed by atoms with E-state index in [9.17, 15) is 13.2 Å². The Morgan fingerprint density at radius 2 is 1.90 bits per heavy atom. The molecule has 0 heterocycles. The van der Waals surface area contributed by atoms with E-state index in [1.165, 1.54) is 6.07 Å². The Morgan fingerprint density at radius 1 is 1.30 bits per heavy atom. The van der Waals surface area contributed by atoms with E-state index in [0.29, 0.717) is 5.69 Å². The fraction of sp³-hybridized carbons (Fsp3) is 0.500. The van der Waals surface area contributed by atoms with Crippen LogP contribution in [0.1, 0.15) is 44.7 Å². The van der Waals surface area contributed by atoms with Gasteiger partial charge in [0.25, 0.3) is 0 Å². The van der Waals surface area contributed by atoms with Crippen molar-refractivity contribution in [1.29, 1.82) is 0 Å². The number of nitrogens with one attached hydrogen (secondary N) is 1. The average molecular weight is 304 g/mol. The first-order valence-corrected chi connectivity index (χ1v) is 6.77. The molecule has 20 heavy (non-hydrogen) atoms. The lowest BCUT2D eigenvalue weighted by Gasteiger charge is -2.28. The van der Waals surface area contributed by atoms with Gasteiger partial charge in [-0.1, -0.05) is 25.6 Å². The minimum Gasteiger partial charge on any atom is -0.389 e. The van der Waals surface area contributed by atoms with E-state index < -0.39 is 11.7 Å². The molecule has 0 saturated heterocycles. The molecular weight excluding hydrogens is 285 g/mol. The van der Waals surface area contributed by atoms with Gasteiger partial charge in [-0.3, -0.25) is 0 Å². The van der Waals surface area contributed by atoms with Gasteiger partial charge in [-0.15, -0.1) is 0 Å². The van der Waals surface area contributed by atoms with Gasteiger partial charge in [-0.25, -0.2) is 0 Å². The van der Waals surface area contributed by atoms with Crippen molar-refractivity contribution in [1.82, 2.24) is 0 Å². The lowest BCUT2D eigenvalue weighted by molar-refractivity contribution is -0.137. The first-order valence-electron chi connectivity index (χ1n) is 6.36. The molecule has 1 rings (SSSR count). The summed E-state index contributed by atoms with van der Waals surface area (Å²) in [6.45, 7) is 6.01. The fourth-order valence-corrected chi connectivity index (χ4v) is 2.25. The molecule has 3 N–H and O–H groups in total. The van der Waals surface area contributed by atoms with Gasteiger partial charge in [-0.05, 0) is 38.5 Å². The summed E-state index contributed by atoms with van der Waals surface area (Å²) >= 11 is 4.86. The zero-order valence-electron chi connectivity index (χ0n) is 11.8. The quantitative estimate of drug-likeness (QED) is 0.795.